The lowest BCUT2D eigenvalue weighted by Gasteiger charge is -2.16. The lowest BCUT2D eigenvalue weighted by molar-refractivity contribution is -0.144. The van der Waals surface area contributed by atoms with Gasteiger partial charge < -0.3 is 19.7 Å². The summed E-state index contributed by atoms with van der Waals surface area (Å²) < 4.78 is 10.9. The Morgan fingerprint density at radius 3 is 1.12 bits per heavy atom. The second-order valence-electron chi connectivity index (χ2n) is 14.5. The molecule has 0 aliphatic rings. The van der Waals surface area contributed by atoms with Gasteiger partial charge in [0, 0.05) is 12.8 Å². The molecular formula is C42H84N2O4. The normalized spacial score (nSPS) is 11.4. The largest absolute Gasteiger partial charge is 0.466 e. The first-order valence-corrected chi connectivity index (χ1v) is 21.3. The molecule has 6 heteroatoms. The minimum atomic E-state index is -0.0571. The molecule has 0 bridgehead atoms. The quantitative estimate of drug-likeness (QED) is 0.0513. The SMILES string of the molecule is CCCCCCCCCCCCCCCOC(=O)CCCNCCCN(C)CCCC(=O)OCCCCCCCCCCCCCCC. The molecule has 48 heavy (non-hydrogen) atoms. The van der Waals surface area contributed by atoms with Gasteiger partial charge in [-0.3, -0.25) is 9.59 Å². The van der Waals surface area contributed by atoms with Gasteiger partial charge in [-0.1, -0.05) is 168 Å². The number of rotatable bonds is 40. The van der Waals surface area contributed by atoms with E-state index in [1.54, 1.807) is 0 Å². The van der Waals surface area contributed by atoms with Gasteiger partial charge in [0.05, 0.1) is 13.2 Å². The van der Waals surface area contributed by atoms with Crippen LogP contribution in [0.5, 0.6) is 0 Å². The van der Waals surface area contributed by atoms with Crippen LogP contribution >= 0.6 is 0 Å². The fraction of sp³-hybridized carbons (Fsp3) is 0.952. The summed E-state index contributed by atoms with van der Waals surface area (Å²) in [4.78, 5) is 26.3. The maximum atomic E-state index is 12.0. The molecule has 0 aromatic carbocycles. The minimum absolute atomic E-state index is 0.0492. The number of ether oxygens (including phenoxy) is 2. The highest BCUT2D eigenvalue weighted by atomic mass is 16.5. The number of hydrogen-bond acceptors (Lipinski definition) is 6. The van der Waals surface area contributed by atoms with E-state index in [2.05, 4.69) is 31.1 Å². The lowest BCUT2D eigenvalue weighted by Crippen LogP contribution is -2.26. The van der Waals surface area contributed by atoms with E-state index in [9.17, 15) is 9.59 Å². The van der Waals surface area contributed by atoms with Gasteiger partial charge in [0.1, 0.15) is 0 Å². The number of esters is 2. The van der Waals surface area contributed by atoms with Crippen LogP contribution in [-0.4, -0.2) is 63.3 Å². The standard InChI is InChI=1S/C42H84N2O4/c1-4-6-8-10-12-14-16-18-20-22-24-26-28-39-47-41(45)33-30-35-43-36-32-38-44(3)37-31-34-42(46)48-40-29-27-25-23-21-19-17-15-13-11-9-7-5-2/h43H,4-40H2,1-3H3. The van der Waals surface area contributed by atoms with E-state index in [-0.39, 0.29) is 11.9 Å². The first-order chi connectivity index (χ1) is 23.6. The number of nitrogens with zero attached hydrogens (tertiary/aromatic N) is 1. The molecule has 6 nitrogen and oxygen atoms in total. The molecule has 0 aromatic heterocycles. The summed E-state index contributed by atoms with van der Waals surface area (Å²) in [5.41, 5.74) is 0. The van der Waals surface area contributed by atoms with E-state index in [1.807, 2.05) is 0 Å². The fourth-order valence-corrected chi connectivity index (χ4v) is 6.32. The fourth-order valence-electron chi connectivity index (χ4n) is 6.32. The van der Waals surface area contributed by atoms with Crippen molar-refractivity contribution in [3.8, 4) is 0 Å². The van der Waals surface area contributed by atoms with E-state index in [0.717, 1.165) is 58.3 Å². The van der Waals surface area contributed by atoms with Crippen molar-refractivity contribution in [3.05, 3.63) is 0 Å². The molecule has 0 fully saturated rings. The van der Waals surface area contributed by atoms with Gasteiger partial charge in [-0.15, -0.1) is 0 Å². The molecule has 0 heterocycles. The van der Waals surface area contributed by atoms with Crippen LogP contribution in [0.1, 0.15) is 213 Å². The number of nitrogens with one attached hydrogen (secondary N) is 1. The minimum Gasteiger partial charge on any atom is -0.466 e. The smallest absolute Gasteiger partial charge is 0.305 e. The number of unbranched alkanes of at least 4 members (excludes halogenated alkanes) is 24. The Morgan fingerprint density at radius 2 is 0.729 bits per heavy atom. The summed E-state index contributed by atoms with van der Waals surface area (Å²) in [5.74, 6) is -0.106. The molecule has 0 aliphatic carbocycles. The highest BCUT2D eigenvalue weighted by Crippen LogP contribution is 2.14. The average molecular weight is 681 g/mol. The summed E-state index contributed by atoms with van der Waals surface area (Å²) in [6.07, 6.45) is 38.3. The Kier molecular flexibility index (Phi) is 39.3. The predicted octanol–water partition coefficient (Wildman–Crippen LogP) is 11.7. The molecule has 0 saturated heterocycles. The van der Waals surface area contributed by atoms with Gasteiger partial charge in [-0.25, -0.2) is 0 Å². The Hall–Kier alpha value is -1.14. The van der Waals surface area contributed by atoms with Gasteiger partial charge in [-0.2, -0.15) is 0 Å². The molecule has 0 rings (SSSR count). The van der Waals surface area contributed by atoms with Crippen molar-refractivity contribution in [1.82, 2.24) is 10.2 Å². The van der Waals surface area contributed by atoms with Crippen molar-refractivity contribution >= 4 is 11.9 Å². The van der Waals surface area contributed by atoms with Gasteiger partial charge in [0.2, 0.25) is 0 Å². The summed E-state index contributed by atoms with van der Waals surface area (Å²) in [5, 5.41) is 3.44. The zero-order chi connectivity index (χ0) is 35.0. The molecule has 0 atom stereocenters. The summed E-state index contributed by atoms with van der Waals surface area (Å²) in [6, 6.07) is 0. The Balaban J connectivity index is 3.33. The molecule has 0 spiro atoms. The predicted molar refractivity (Wildman–Crippen MR) is 207 cm³/mol. The molecule has 0 aromatic rings. The van der Waals surface area contributed by atoms with Crippen molar-refractivity contribution < 1.29 is 19.1 Å². The van der Waals surface area contributed by atoms with Crippen LogP contribution in [0.4, 0.5) is 0 Å². The Bertz CT molecular complexity index is 660. The van der Waals surface area contributed by atoms with Crippen LogP contribution in [0, 0.1) is 0 Å². The van der Waals surface area contributed by atoms with Crippen molar-refractivity contribution in [2.45, 2.75) is 213 Å². The number of hydrogen-bond donors (Lipinski definition) is 1. The van der Waals surface area contributed by atoms with Crippen LogP contribution in [0.2, 0.25) is 0 Å². The third kappa shape index (κ3) is 39.3. The second kappa shape index (κ2) is 40.3. The molecule has 0 unspecified atom stereocenters. The molecule has 286 valence electrons. The van der Waals surface area contributed by atoms with Gasteiger partial charge in [0.15, 0.2) is 0 Å². The third-order valence-corrected chi connectivity index (χ3v) is 9.57. The lowest BCUT2D eigenvalue weighted by atomic mass is 10.0. The van der Waals surface area contributed by atoms with Crippen molar-refractivity contribution in [2.24, 2.45) is 0 Å². The van der Waals surface area contributed by atoms with Gasteiger partial charge >= 0.3 is 11.9 Å². The summed E-state index contributed by atoms with van der Waals surface area (Å²) >= 11 is 0. The van der Waals surface area contributed by atoms with Crippen LogP contribution < -0.4 is 5.32 Å². The van der Waals surface area contributed by atoms with Crippen molar-refractivity contribution in [2.75, 3.05) is 46.4 Å². The number of carbonyl (C=O) groups is 2. The van der Waals surface area contributed by atoms with Gasteiger partial charge in [-0.05, 0) is 65.3 Å². The van der Waals surface area contributed by atoms with Crippen LogP contribution in [-0.2, 0) is 19.1 Å². The van der Waals surface area contributed by atoms with Gasteiger partial charge in [0.25, 0.3) is 0 Å². The average Bonchev–Trinajstić information content (AvgIpc) is 3.08. The topological polar surface area (TPSA) is 67.9 Å². The van der Waals surface area contributed by atoms with Crippen LogP contribution in [0.3, 0.4) is 0 Å². The Labute approximate surface area is 300 Å². The molecule has 0 saturated carbocycles. The van der Waals surface area contributed by atoms with E-state index in [0.29, 0.717) is 26.1 Å². The molecular weight excluding hydrogens is 596 g/mol. The molecule has 0 radical (unpaired) electrons. The number of carbonyl (C=O) groups excluding carboxylic acids is 2. The maximum absolute atomic E-state index is 12.0. The first kappa shape index (κ1) is 46.9. The van der Waals surface area contributed by atoms with E-state index in [1.165, 1.54) is 154 Å². The van der Waals surface area contributed by atoms with Crippen molar-refractivity contribution in [1.29, 1.82) is 0 Å². The van der Waals surface area contributed by atoms with E-state index >= 15 is 0 Å². The zero-order valence-corrected chi connectivity index (χ0v) is 32.7. The van der Waals surface area contributed by atoms with Crippen molar-refractivity contribution in [3.63, 3.8) is 0 Å². The van der Waals surface area contributed by atoms with E-state index < -0.39 is 0 Å². The maximum Gasteiger partial charge on any atom is 0.305 e. The molecule has 1 N–H and O–H groups in total. The first-order valence-electron chi connectivity index (χ1n) is 21.3. The highest BCUT2D eigenvalue weighted by Gasteiger charge is 2.06. The second-order valence-corrected chi connectivity index (χ2v) is 14.5. The Morgan fingerprint density at radius 1 is 0.417 bits per heavy atom. The highest BCUT2D eigenvalue weighted by molar-refractivity contribution is 5.69. The monoisotopic (exact) mass is 681 g/mol. The molecule has 0 aliphatic heterocycles. The summed E-state index contributed by atoms with van der Waals surface area (Å²) in [6.45, 7) is 9.42. The third-order valence-electron chi connectivity index (χ3n) is 9.57. The van der Waals surface area contributed by atoms with Crippen LogP contribution in [0.15, 0.2) is 0 Å². The van der Waals surface area contributed by atoms with E-state index in [4.69, 9.17) is 9.47 Å². The zero-order valence-electron chi connectivity index (χ0n) is 32.7. The molecule has 0 amide bonds. The summed E-state index contributed by atoms with van der Waals surface area (Å²) in [7, 11) is 2.12. The van der Waals surface area contributed by atoms with Crippen LogP contribution in [0.25, 0.3) is 0 Å².